The summed E-state index contributed by atoms with van der Waals surface area (Å²) in [6.45, 7) is 3.07. The molecule has 1 aliphatic carbocycles. The lowest BCUT2D eigenvalue weighted by Gasteiger charge is -2.28. The average molecular weight is 359 g/mol. The maximum Gasteiger partial charge on any atom is 0.165 e. The van der Waals surface area contributed by atoms with Crippen LogP contribution < -0.4 is 4.90 Å². The first-order chi connectivity index (χ1) is 13.1. The molecule has 1 heterocycles. The number of anilines is 1. The summed E-state index contributed by atoms with van der Waals surface area (Å²) in [4.78, 5) is 11.9. The van der Waals surface area contributed by atoms with Crippen LogP contribution in [0.4, 0.5) is 5.82 Å². The van der Waals surface area contributed by atoms with Crippen molar-refractivity contribution in [3.8, 4) is 17.1 Å². The van der Waals surface area contributed by atoms with E-state index in [0.717, 1.165) is 30.9 Å². The second-order valence-electron chi connectivity index (χ2n) is 7.50. The van der Waals surface area contributed by atoms with Crippen molar-refractivity contribution in [2.24, 2.45) is 5.92 Å². The first-order valence-electron chi connectivity index (χ1n) is 9.55. The van der Waals surface area contributed by atoms with Crippen molar-refractivity contribution in [3.63, 3.8) is 0 Å². The van der Waals surface area contributed by atoms with E-state index in [9.17, 15) is 5.11 Å². The molecule has 138 valence electrons. The Hall–Kier alpha value is -2.88. The van der Waals surface area contributed by atoms with Gasteiger partial charge in [-0.1, -0.05) is 49.4 Å². The van der Waals surface area contributed by atoms with Crippen LogP contribution in [0.25, 0.3) is 11.4 Å². The molecular formula is C23H25N3O. The van der Waals surface area contributed by atoms with Crippen LogP contribution in [0.15, 0.2) is 54.6 Å². The standard InChI is InChI=1S/C23H25N3O/c1-16-12-13-18-20(14-16)24-22(19-10-6-7-11-21(19)27)25-23(18)26(2)15-17-8-4-3-5-9-17/h3-11,16,27H,12-15H2,1-2H3. The van der Waals surface area contributed by atoms with E-state index >= 15 is 0 Å². The van der Waals surface area contributed by atoms with Crippen molar-refractivity contribution in [2.45, 2.75) is 32.7 Å². The molecule has 3 aromatic rings. The number of fused-ring (bicyclic) bond motifs is 1. The van der Waals surface area contributed by atoms with Gasteiger partial charge in [0.05, 0.1) is 11.3 Å². The van der Waals surface area contributed by atoms with Crippen LogP contribution in [-0.2, 0) is 19.4 Å². The fraction of sp³-hybridized carbons (Fsp3) is 0.304. The number of hydrogen-bond donors (Lipinski definition) is 1. The Labute approximate surface area is 160 Å². The van der Waals surface area contributed by atoms with E-state index in [2.05, 4.69) is 43.1 Å². The van der Waals surface area contributed by atoms with E-state index in [0.29, 0.717) is 17.3 Å². The van der Waals surface area contributed by atoms with E-state index in [-0.39, 0.29) is 5.75 Å². The lowest BCUT2D eigenvalue weighted by molar-refractivity contribution is 0.476. The van der Waals surface area contributed by atoms with Crippen molar-refractivity contribution in [1.82, 2.24) is 9.97 Å². The van der Waals surface area contributed by atoms with Crippen molar-refractivity contribution in [3.05, 3.63) is 71.4 Å². The Morgan fingerprint density at radius 3 is 2.56 bits per heavy atom. The zero-order valence-electron chi connectivity index (χ0n) is 15.9. The number of rotatable bonds is 4. The van der Waals surface area contributed by atoms with Crippen molar-refractivity contribution in [2.75, 3.05) is 11.9 Å². The van der Waals surface area contributed by atoms with Crippen LogP contribution in [0, 0.1) is 5.92 Å². The van der Waals surface area contributed by atoms with Gasteiger partial charge in [-0.05, 0) is 42.9 Å². The largest absolute Gasteiger partial charge is 0.507 e. The van der Waals surface area contributed by atoms with Crippen LogP contribution in [0.2, 0.25) is 0 Å². The molecule has 1 unspecified atom stereocenters. The van der Waals surface area contributed by atoms with Crippen molar-refractivity contribution in [1.29, 1.82) is 0 Å². The van der Waals surface area contributed by atoms with Gasteiger partial charge in [0.25, 0.3) is 0 Å². The molecule has 4 heteroatoms. The number of hydrogen-bond acceptors (Lipinski definition) is 4. The molecule has 0 saturated heterocycles. The predicted molar refractivity (Wildman–Crippen MR) is 109 cm³/mol. The topological polar surface area (TPSA) is 49.3 Å². The molecule has 27 heavy (non-hydrogen) atoms. The van der Waals surface area contributed by atoms with Crippen molar-refractivity contribution < 1.29 is 5.11 Å². The number of nitrogens with zero attached hydrogens (tertiary/aromatic N) is 3. The second-order valence-corrected chi connectivity index (χ2v) is 7.50. The molecule has 2 aromatic carbocycles. The zero-order chi connectivity index (χ0) is 18.8. The number of aromatic nitrogens is 2. The summed E-state index contributed by atoms with van der Waals surface area (Å²) in [7, 11) is 2.09. The quantitative estimate of drug-likeness (QED) is 0.739. The number of para-hydroxylation sites is 1. The summed E-state index contributed by atoms with van der Waals surface area (Å²) >= 11 is 0. The van der Waals surface area contributed by atoms with E-state index < -0.39 is 0 Å². The van der Waals surface area contributed by atoms with Gasteiger partial charge in [-0.3, -0.25) is 0 Å². The molecule has 1 aliphatic rings. The lowest BCUT2D eigenvalue weighted by Crippen LogP contribution is -2.24. The van der Waals surface area contributed by atoms with Gasteiger partial charge in [0.2, 0.25) is 0 Å². The average Bonchev–Trinajstić information content (AvgIpc) is 2.68. The first-order valence-corrected chi connectivity index (χ1v) is 9.55. The summed E-state index contributed by atoms with van der Waals surface area (Å²) in [5, 5.41) is 10.3. The van der Waals surface area contributed by atoms with Gasteiger partial charge in [0.1, 0.15) is 11.6 Å². The minimum absolute atomic E-state index is 0.220. The highest BCUT2D eigenvalue weighted by atomic mass is 16.3. The van der Waals surface area contributed by atoms with Gasteiger partial charge in [0.15, 0.2) is 5.82 Å². The molecule has 0 amide bonds. The number of benzene rings is 2. The SMILES string of the molecule is CC1CCc2c(nc(-c3ccccc3O)nc2N(C)Cc2ccccc2)C1. The third-order valence-electron chi connectivity index (χ3n) is 5.27. The summed E-state index contributed by atoms with van der Waals surface area (Å²) in [6, 6.07) is 17.7. The molecule has 0 bridgehead atoms. The molecule has 0 spiro atoms. The van der Waals surface area contributed by atoms with Gasteiger partial charge in [-0.25, -0.2) is 9.97 Å². The molecule has 0 radical (unpaired) electrons. The smallest absolute Gasteiger partial charge is 0.165 e. The molecular weight excluding hydrogens is 334 g/mol. The van der Waals surface area contributed by atoms with Gasteiger partial charge in [0, 0.05) is 19.2 Å². The van der Waals surface area contributed by atoms with Crippen LogP contribution >= 0.6 is 0 Å². The Kier molecular flexibility index (Phi) is 4.80. The fourth-order valence-corrected chi connectivity index (χ4v) is 3.80. The van der Waals surface area contributed by atoms with Crippen LogP contribution in [0.3, 0.4) is 0 Å². The predicted octanol–water partition coefficient (Wildman–Crippen LogP) is 4.61. The summed E-state index contributed by atoms with van der Waals surface area (Å²) in [5.41, 5.74) is 4.32. The number of phenols is 1. The summed E-state index contributed by atoms with van der Waals surface area (Å²) in [6.07, 6.45) is 3.13. The number of phenolic OH excluding ortho intramolecular Hbond substituents is 1. The molecule has 1 atom stereocenters. The third kappa shape index (κ3) is 3.65. The highest BCUT2D eigenvalue weighted by Gasteiger charge is 2.24. The summed E-state index contributed by atoms with van der Waals surface area (Å²) in [5.74, 6) is 2.43. The Balaban J connectivity index is 1.78. The highest BCUT2D eigenvalue weighted by molar-refractivity contribution is 5.66. The van der Waals surface area contributed by atoms with E-state index in [1.54, 1.807) is 6.07 Å². The normalized spacial score (nSPS) is 16.0. The lowest BCUT2D eigenvalue weighted by atomic mass is 9.88. The second kappa shape index (κ2) is 7.39. The van der Waals surface area contributed by atoms with Gasteiger partial charge in [-0.15, -0.1) is 0 Å². The molecule has 1 aromatic heterocycles. The molecule has 0 aliphatic heterocycles. The maximum absolute atomic E-state index is 10.3. The van der Waals surface area contributed by atoms with Crippen LogP contribution in [0.1, 0.15) is 30.2 Å². The van der Waals surface area contributed by atoms with Gasteiger partial charge < -0.3 is 10.0 Å². The number of aromatic hydroxyl groups is 1. The highest BCUT2D eigenvalue weighted by Crippen LogP contribution is 2.34. The monoisotopic (exact) mass is 359 g/mol. The molecule has 0 saturated carbocycles. The Morgan fingerprint density at radius 1 is 1.04 bits per heavy atom. The minimum Gasteiger partial charge on any atom is -0.507 e. The zero-order valence-corrected chi connectivity index (χ0v) is 15.9. The molecule has 4 rings (SSSR count). The fourth-order valence-electron chi connectivity index (χ4n) is 3.80. The minimum atomic E-state index is 0.220. The summed E-state index contributed by atoms with van der Waals surface area (Å²) < 4.78 is 0. The van der Waals surface area contributed by atoms with Gasteiger partial charge in [-0.2, -0.15) is 0 Å². The third-order valence-corrected chi connectivity index (χ3v) is 5.27. The van der Waals surface area contributed by atoms with Crippen LogP contribution in [0.5, 0.6) is 5.75 Å². The van der Waals surface area contributed by atoms with E-state index in [4.69, 9.17) is 9.97 Å². The van der Waals surface area contributed by atoms with Crippen LogP contribution in [-0.4, -0.2) is 22.1 Å². The Morgan fingerprint density at radius 2 is 1.78 bits per heavy atom. The Bertz CT molecular complexity index is 940. The van der Waals surface area contributed by atoms with Crippen molar-refractivity contribution >= 4 is 5.82 Å². The molecule has 1 N–H and O–H groups in total. The van der Waals surface area contributed by atoms with E-state index in [1.807, 2.05) is 24.3 Å². The first kappa shape index (κ1) is 17.5. The van der Waals surface area contributed by atoms with Gasteiger partial charge >= 0.3 is 0 Å². The maximum atomic E-state index is 10.3. The molecule has 0 fully saturated rings. The molecule has 4 nitrogen and oxygen atoms in total. The van der Waals surface area contributed by atoms with E-state index in [1.165, 1.54) is 17.5 Å².